The fourth-order valence-electron chi connectivity index (χ4n) is 0.496. The van der Waals surface area contributed by atoms with E-state index < -0.39 is 10.8 Å². The lowest BCUT2D eigenvalue weighted by Crippen LogP contribution is -2.51. The van der Waals surface area contributed by atoms with Crippen LogP contribution in [0.2, 0.25) is 0 Å². The molecule has 0 N–H and O–H groups in total. The minimum Gasteiger partial charge on any atom is -0.296 e. The smallest absolute Gasteiger partial charge is 0.171 e. The van der Waals surface area contributed by atoms with Gasteiger partial charge in [-0.1, -0.05) is 0 Å². The molecule has 0 aromatic heterocycles. The fourth-order valence-corrected chi connectivity index (χ4v) is 1.45. The molecule has 1 fully saturated rings. The number of hydrogen-bond donors (Lipinski definition) is 0. The number of alkyl halides is 3. The highest BCUT2D eigenvalue weighted by atomic mass is 35.5. The average molecular weight is 173 g/mol. The highest BCUT2D eigenvalue weighted by Gasteiger charge is 2.46. The van der Waals surface area contributed by atoms with Crippen LogP contribution in [0.25, 0.3) is 0 Å². The number of hydrogen-bond acceptors (Lipinski definition) is 1. The zero-order valence-electron chi connectivity index (χ0n) is 3.77. The Labute approximate surface area is 61.9 Å². The molecule has 1 saturated carbocycles. The van der Waals surface area contributed by atoms with E-state index in [-0.39, 0.29) is 11.2 Å². The summed E-state index contributed by atoms with van der Waals surface area (Å²) in [4.78, 5) is 10.4. The van der Waals surface area contributed by atoms with E-state index in [2.05, 4.69) is 0 Å². The van der Waals surface area contributed by atoms with Gasteiger partial charge in [0.25, 0.3) is 0 Å². The third-order valence-electron chi connectivity index (χ3n) is 1.10. The summed E-state index contributed by atoms with van der Waals surface area (Å²) >= 11 is 16.2. The summed E-state index contributed by atoms with van der Waals surface area (Å²) < 4.78 is 0. The largest absolute Gasteiger partial charge is 0.296 e. The zero-order valence-corrected chi connectivity index (χ0v) is 6.04. The third-order valence-corrected chi connectivity index (χ3v) is 2.84. The molecule has 0 spiro atoms. The van der Waals surface area contributed by atoms with Gasteiger partial charge in [-0.25, -0.2) is 0 Å². The first-order valence-corrected chi connectivity index (χ1v) is 3.41. The van der Waals surface area contributed by atoms with Gasteiger partial charge in [-0.15, -0.1) is 34.8 Å². The molecule has 46 valence electrons. The predicted molar refractivity (Wildman–Crippen MR) is 33.9 cm³/mol. The molecule has 2 unspecified atom stereocenters. The number of rotatable bonds is 0. The van der Waals surface area contributed by atoms with Crippen LogP contribution in [-0.2, 0) is 4.79 Å². The van der Waals surface area contributed by atoms with Crippen molar-refractivity contribution in [3.63, 3.8) is 0 Å². The average Bonchev–Trinajstić information content (AvgIpc) is 1.83. The Morgan fingerprint density at radius 1 is 1.12 bits per heavy atom. The molecule has 2 atom stereocenters. The van der Waals surface area contributed by atoms with Gasteiger partial charge < -0.3 is 0 Å². The summed E-state index contributed by atoms with van der Waals surface area (Å²) in [7, 11) is 0. The van der Waals surface area contributed by atoms with Crippen LogP contribution in [0.5, 0.6) is 0 Å². The van der Waals surface area contributed by atoms with Crippen molar-refractivity contribution in [3.05, 3.63) is 0 Å². The molecule has 1 aliphatic carbocycles. The summed E-state index contributed by atoms with van der Waals surface area (Å²) in [6.07, 6.45) is 0. The number of Topliss-reactive ketones (excluding diaryl/α,β-unsaturated/α-hetero) is 1. The molecule has 4 heteroatoms. The standard InChI is InChI=1S/C4H3Cl3O/c5-1-2(6)4(8)3(1)7/h1-3H. The summed E-state index contributed by atoms with van der Waals surface area (Å²) in [6, 6.07) is 0. The van der Waals surface area contributed by atoms with Gasteiger partial charge >= 0.3 is 0 Å². The highest BCUT2D eigenvalue weighted by Crippen LogP contribution is 2.31. The Balaban J connectivity index is 2.55. The molecule has 1 rings (SSSR count). The van der Waals surface area contributed by atoms with Gasteiger partial charge in [0, 0.05) is 0 Å². The molecule has 0 amide bonds. The molecule has 0 aromatic carbocycles. The third kappa shape index (κ3) is 0.734. The predicted octanol–water partition coefficient (Wildman–Crippen LogP) is 1.39. The van der Waals surface area contributed by atoms with E-state index in [1.165, 1.54) is 0 Å². The Kier molecular flexibility index (Phi) is 1.71. The van der Waals surface area contributed by atoms with E-state index in [1.54, 1.807) is 0 Å². The van der Waals surface area contributed by atoms with Crippen molar-refractivity contribution in [2.45, 2.75) is 16.1 Å². The van der Waals surface area contributed by atoms with E-state index >= 15 is 0 Å². The van der Waals surface area contributed by atoms with Crippen molar-refractivity contribution in [3.8, 4) is 0 Å². The van der Waals surface area contributed by atoms with Gasteiger partial charge in [-0.2, -0.15) is 0 Å². The van der Waals surface area contributed by atoms with Crippen LogP contribution >= 0.6 is 34.8 Å². The molecule has 0 saturated heterocycles. The second kappa shape index (κ2) is 2.05. The summed E-state index contributed by atoms with van der Waals surface area (Å²) in [6.45, 7) is 0. The SMILES string of the molecule is O=C1C(Cl)C(Cl)C1Cl. The van der Waals surface area contributed by atoms with Gasteiger partial charge in [0.1, 0.15) is 10.8 Å². The first-order valence-electron chi connectivity index (χ1n) is 2.10. The topological polar surface area (TPSA) is 17.1 Å². The van der Waals surface area contributed by atoms with Crippen LogP contribution in [0.15, 0.2) is 0 Å². The summed E-state index contributed by atoms with van der Waals surface area (Å²) in [5.41, 5.74) is 0. The molecule has 0 heterocycles. The fraction of sp³-hybridized carbons (Fsp3) is 0.750. The number of carbonyl (C=O) groups excluding carboxylic acids is 1. The van der Waals surface area contributed by atoms with Gasteiger partial charge in [0.05, 0.1) is 5.38 Å². The number of ketones is 1. The normalized spacial score (nSPS) is 46.4. The number of carbonyl (C=O) groups is 1. The Morgan fingerprint density at radius 2 is 1.50 bits per heavy atom. The lowest BCUT2D eigenvalue weighted by Gasteiger charge is -2.29. The zero-order chi connectivity index (χ0) is 6.31. The lowest BCUT2D eigenvalue weighted by atomic mass is 9.96. The molecule has 1 aliphatic rings. The maximum atomic E-state index is 10.4. The Hall–Kier alpha value is 0.540. The van der Waals surface area contributed by atoms with Crippen molar-refractivity contribution in [2.24, 2.45) is 0 Å². The summed E-state index contributed by atoms with van der Waals surface area (Å²) in [5.74, 6) is -0.159. The van der Waals surface area contributed by atoms with Crippen molar-refractivity contribution in [2.75, 3.05) is 0 Å². The van der Waals surface area contributed by atoms with E-state index in [0.717, 1.165) is 0 Å². The molecule has 8 heavy (non-hydrogen) atoms. The quantitative estimate of drug-likeness (QED) is 0.506. The molecule has 1 nitrogen and oxygen atoms in total. The van der Waals surface area contributed by atoms with E-state index in [1.807, 2.05) is 0 Å². The van der Waals surface area contributed by atoms with Crippen molar-refractivity contribution in [1.82, 2.24) is 0 Å². The van der Waals surface area contributed by atoms with E-state index in [9.17, 15) is 4.79 Å². The monoisotopic (exact) mass is 172 g/mol. The molecule has 0 bridgehead atoms. The highest BCUT2D eigenvalue weighted by molar-refractivity contribution is 6.52. The van der Waals surface area contributed by atoms with E-state index in [4.69, 9.17) is 34.8 Å². The van der Waals surface area contributed by atoms with Crippen molar-refractivity contribution >= 4 is 40.6 Å². The first-order chi connectivity index (χ1) is 3.64. The molecule has 0 aliphatic heterocycles. The minimum absolute atomic E-state index is 0.159. The molecular formula is C4H3Cl3O. The molecular weight excluding hydrogens is 170 g/mol. The van der Waals surface area contributed by atoms with Crippen molar-refractivity contribution < 1.29 is 4.79 Å². The lowest BCUT2D eigenvalue weighted by molar-refractivity contribution is -0.122. The Morgan fingerprint density at radius 3 is 1.62 bits per heavy atom. The van der Waals surface area contributed by atoms with Gasteiger partial charge in [-0.3, -0.25) is 4.79 Å². The summed E-state index contributed by atoms with van der Waals surface area (Å²) in [5, 5.41) is -1.48. The second-order valence-corrected chi connectivity index (χ2v) is 3.09. The van der Waals surface area contributed by atoms with Crippen LogP contribution in [0.1, 0.15) is 0 Å². The van der Waals surface area contributed by atoms with Crippen molar-refractivity contribution in [1.29, 1.82) is 0 Å². The van der Waals surface area contributed by atoms with Crippen LogP contribution in [0.3, 0.4) is 0 Å². The number of halogens is 3. The van der Waals surface area contributed by atoms with Gasteiger partial charge in [0.15, 0.2) is 5.78 Å². The van der Waals surface area contributed by atoms with Gasteiger partial charge in [-0.05, 0) is 0 Å². The van der Waals surface area contributed by atoms with E-state index in [0.29, 0.717) is 0 Å². The first kappa shape index (κ1) is 6.66. The Bertz CT molecular complexity index is 112. The van der Waals surface area contributed by atoms with Crippen LogP contribution < -0.4 is 0 Å². The minimum atomic E-state index is -0.556. The molecule has 0 radical (unpaired) electrons. The second-order valence-electron chi connectivity index (χ2n) is 1.65. The maximum Gasteiger partial charge on any atom is 0.171 e. The van der Waals surface area contributed by atoms with Crippen LogP contribution in [-0.4, -0.2) is 21.9 Å². The maximum absolute atomic E-state index is 10.4. The van der Waals surface area contributed by atoms with Gasteiger partial charge in [0.2, 0.25) is 0 Å². The van der Waals surface area contributed by atoms with Crippen LogP contribution in [0, 0.1) is 0 Å². The van der Waals surface area contributed by atoms with Crippen LogP contribution in [0.4, 0.5) is 0 Å². The molecule has 0 aromatic rings.